The van der Waals surface area contributed by atoms with Gasteiger partial charge in [0.1, 0.15) is 5.75 Å². The minimum Gasteiger partial charge on any atom is -0.494 e. The molecule has 0 amide bonds. The van der Waals surface area contributed by atoms with Gasteiger partial charge < -0.3 is 4.74 Å². The van der Waals surface area contributed by atoms with Crippen molar-refractivity contribution in [2.24, 2.45) is 0 Å². The Hall–Kier alpha value is -0.740. The number of halogens is 1. The van der Waals surface area contributed by atoms with Gasteiger partial charge in [0.2, 0.25) is 0 Å². The number of benzene rings is 1. The predicted octanol–water partition coefficient (Wildman–Crippen LogP) is 2.49. The number of hydrogen-bond donors (Lipinski definition) is 0. The van der Waals surface area contributed by atoms with Crippen LogP contribution in [0.2, 0.25) is 0 Å². The molecule has 3 nitrogen and oxygen atoms in total. The molecule has 0 aliphatic carbocycles. The third-order valence-electron chi connectivity index (χ3n) is 2.04. The average molecular weight is 263 g/mol. The molecule has 0 saturated heterocycles. The average Bonchev–Trinajstić information content (AvgIpc) is 2.28. The molecule has 0 fully saturated rings. The first-order valence-electron chi connectivity index (χ1n) is 5.11. The quantitative estimate of drug-likeness (QED) is 0.740. The second kappa shape index (κ2) is 6.11. The summed E-state index contributed by atoms with van der Waals surface area (Å²) in [5.41, 5.74) is 0. The largest absolute Gasteiger partial charge is 0.494 e. The van der Waals surface area contributed by atoms with Crippen LogP contribution in [0.25, 0.3) is 0 Å². The highest BCUT2D eigenvalue weighted by atomic mass is 35.5. The molecule has 1 aromatic carbocycles. The van der Waals surface area contributed by atoms with E-state index in [1.54, 1.807) is 24.3 Å². The summed E-state index contributed by atoms with van der Waals surface area (Å²) in [7, 11) is -3.19. The topological polar surface area (TPSA) is 43.4 Å². The van der Waals surface area contributed by atoms with Crippen molar-refractivity contribution in [3.05, 3.63) is 24.3 Å². The highest BCUT2D eigenvalue weighted by Gasteiger charge is 2.13. The van der Waals surface area contributed by atoms with Crippen LogP contribution in [-0.2, 0) is 9.84 Å². The van der Waals surface area contributed by atoms with Crippen LogP contribution < -0.4 is 4.74 Å². The molecule has 16 heavy (non-hydrogen) atoms. The molecule has 5 heteroatoms. The standard InChI is InChI=1S/C11H15ClO3S/c1-2-15-10-4-6-11(7-5-10)16(13,14)9-3-8-12/h4-7H,2-3,8-9H2,1H3. The van der Waals surface area contributed by atoms with E-state index >= 15 is 0 Å². The van der Waals surface area contributed by atoms with Gasteiger partial charge in [0.15, 0.2) is 9.84 Å². The van der Waals surface area contributed by atoms with Crippen LogP contribution in [0.3, 0.4) is 0 Å². The summed E-state index contributed by atoms with van der Waals surface area (Å²) in [6, 6.07) is 6.46. The van der Waals surface area contributed by atoms with Gasteiger partial charge in [0.05, 0.1) is 17.3 Å². The van der Waals surface area contributed by atoms with Crippen molar-refractivity contribution in [3.8, 4) is 5.75 Å². The molecule has 1 rings (SSSR count). The van der Waals surface area contributed by atoms with Gasteiger partial charge >= 0.3 is 0 Å². The van der Waals surface area contributed by atoms with Crippen molar-refractivity contribution in [3.63, 3.8) is 0 Å². The molecule has 0 unspecified atom stereocenters. The summed E-state index contributed by atoms with van der Waals surface area (Å²) in [5, 5.41) is 0. The Morgan fingerprint density at radius 1 is 1.25 bits per heavy atom. The van der Waals surface area contributed by atoms with Gasteiger partial charge in [-0.3, -0.25) is 0 Å². The van der Waals surface area contributed by atoms with E-state index in [1.807, 2.05) is 6.92 Å². The Labute approximate surface area is 101 Å². The number of alkyl halides is 1. The van der Waals surface area contributed by atoms with E-state index in [-0.39, 0.29) is 5.75 Å². The lowest BCUT2D eigenvalue weighted by molar-refractivity contribution is 0.340. The molecular formula is C11H15ClO3S. The lowest BCUT2D eigenvalue weighted by Gasteiger charge is -2.05. The van der Waals surface area contributed by atoms with Gasteiger partial charge in [0, 0.05) is 5.88 Å². The first-order chi connectivity index (χ1) is 7.60. The second-order valence-corrected chi connectivity index (χ2v) is 5.75. The molecule has 0 radical (unpaired) electrons. The van der Waals surface area contributed by atoms with Gasteiger partial charge in [-0.05, 0) is 37.6 Å². The summed E-state index contributed by atoms with van der Waals surface area (Å²) in [5.74, 6) is 1.12. The molecule has 0 saturated carbocycles. The fourth-order valence-electron chi connectivity index (χ4n) is 1.27. The molecule has 1 aromatic rings. The number of sulfone groups is 1. The van der Waals surface area contributed by atoms with Gasteiger partial charge in [-0.15, -0.1) is 11.6 Å². The zero-order valence-electron chi connectivity index (χ0n) is 9.15. The molecule has 0 spiro atoms. The first-order valence-corrected chi connectivity index (χ1v) is 7.30. The second-order valence-electron chi connectivity index (χ2n) is 3.27. The lowest BCUT2D eigenvalue weighted by atomic mass is 10.3. The van der Waals surface area contributed by atoms with E-state index in [9.17, 15) is 8.42 Å². The Kier molecular flexibility index (Phi) is 5.09. The highest BCUT2D eigenvalue weighted by Crippen LogP contribution is 2.17. The van der Waals surface area contributed by atoms with E-state index < -0.39 is 9.84 Å². The SMILES string of the molecule is CCOc1ccc(S(=O)(=O)CCCCl)cc1. The fraction of sp³-hybridized carbons (Fsp3) is 0.455. The van der Waals surface area contributed by atoms with E-state index in [2.05, 4.69) is 0 Å². The van der Waals surface area contributed by atoms with E-state index in [0.29, 0.717) is 29.6 Å². The van der Waals surface area contributed by atoms with Gasteiger partial charge in [-0.25, -0.2) is 8.42 Å². The zero-order valence-corrected chi connectivity index (χ0v) is 10.7. The minimum absolute atomic E-state index is 0.0878. The Morgan fingerprint density at radius 2 is 1.88 bits per heavy atom. The Bertz CT molecular complexity index is 411. The van der Waals surface area contributed by atoms with Crippen molar-refractivity contribution in [1.82, 2.24) is 0 Å². The van der Waals surface area contributed by atoms with Crippen LogP contribution in [-0.4, -0.2) is 26.7 Å². The van der Waals surface area contributed by atoms with Crippen molar-refractivity contribution in [1.29, 1.82) is 0 Å². The smallest absolute Gasteiger partial charge is 0.178 e. The maximum atomic E-state index is 11.8. The third-order valence-corrected chi connectivity index (χ3v) is 4.12. The Morgan fingerprint density at radius 3 is 2.38 bits per heavy atom. The number of ether oxygens (including phenoxy) is 1. The minimum atomic E-state index is -3.19. The molecule has 0 heterocycles. The molecule has 0 aliphatic rings. The molecule has 0 aliphatic heterocycles. The maximum Gasteiger partial charge on any atom is 0.178 e. The normalized spacial score (nSPS) is 11.4. The van der Waals surface area contributed by atoms with Crippen LogP contribution in [0, 0.1) is 0 Å². The maximum absolute atomic E-state index is 11.8. The summed E-state index contributed by atoms with van der Waals surface area (Å²) < 4.78 is 28.8. The zero-order chi connectivity index (χ0) is 12.0. The summed E-state index contributed by atoms with van der Waals surface area (Å²) in [6.07, 6.45) is 0.469. The predicted molar refractivity (Wildman–Crippen MR) is 65.0 cm³/mol. The summed E-state index contributed by atoms with van der Waals surface area (Å²) >= 11 is 5.48. The molecular weight excluding hydrogens is 248 g/mol. The fourth-order valence-corrected chi connectivity index (χ4v) is 2.88. The highest BCUT2D eigenvalue weighted by molar-refractivity contribution is 7.91. The number of rotatable bonds is 6. The van der Waals surface area contributed by atoms with Gasteiger partial charge in [-0.2, -0.15) is 0 Å². The van der Waals surface area contributed by atoms with Crippen LogP contribution in [0.15, 0.2) is 29.2 Å². The Balaban J connectivity index is 2.80. The van der Waals surface area contributed by atoms with Crippen molar-refractivity contribution in [2.75, 3.05) is 18.2 Å². The van der Waals surface area contributed by atoms with Crippen LogP contribution in [0.4, 0.5) is 0 Å². The third kappa shape index (κ3) is 3.68. The van der Waals surface area contributed by atoms with E-state index in [1.165, 1.54) is 0 Å². The molecule has 0 N–H and O–H groups in total. The van der Waals surface area contributed by atoms with Crippen molar-refractivity contribution < 1.29 is 13.2 Å². The van der Waals surface area contributed by atoms with Crippen LogP contribution in [0.5, 0.6) is 5.75 Å². The van der Waals surface area contributed by atoms with Gasteiger partial charge in [0.25, 0.3) is 0 Å². The lowest BCUT2D eigenvalue weighted by Crippen LogP contribution is -2.07. The van der Waals surface area contributed by atoms with E-state index in [4.69, 9.17) is 16.3 Å². The molecule has 0 aromatic heterocycles. The van der Waals surface area contributed by atoms with Crippen molar-refractivity contribution in [2.45, 2.75) is 18.2 Å². The summed E-state index contributed by atoms with van der Waals surface area (Å²) in [6.45, 7) is 2.45. The molecule has 90 valence electrons. The monoisotopic (exact) mass is 262 g/mol. The van der Waals surface area contributed by atoms with Crippen LogP contribution in [0.1, 0.15) is 13.3 Å². The van der Waals surface area contributed by atoms with Crippen LogP contribution >= 0.6 is 11.6 Å². The van der Waals surface area contributed by atoms with Crippen molar-refractivity contribution >= 4 is 21.4 Å². The summed E-state index contributed by atoms with van der Waals surface area (Å²) in [4.78, 5) is 0.320. The number of hydrogen-bond acceptors (Lipinski definition) is 3. The first kappa shape index (κ1) is 13.3. The van der Waals surface area contributed by atoms with Gasteiger partial charge in [-0.1, -0.05) is 0 Å². The molecule has 0 atom stereocenters. The molecule has 0 bridgehead atoms. The van der Waals surface area contributed by atoms with E-state index in [0.717, 1.165) is 0 Å².